The van der Waals surface area contributed by atoms with Crippen LogP contribution in [0.15, 0.2) is 36.5 Å². The first-order valence-electron chi connectivity index (χ1n) is 9.84. The fourth-order valence-corrected chi connectivity index (χ4v) is 3.26. The van der Waals surface area contributed by atoms with E-state index >= 15 is 0 Å². The van der Waals surface area contributed by atoms with Gasteiger partial charge in [0.15, 0.2) is 0 Å². The van der Waals surface area contributed by atoms with Crippen molar-refractivity contribution in [3.05, 3.63) is 47.8 Å². The molecule has 1 aromatic heterocycles. The van der Waals surface area contributed by atoms with Gasteiger partial charge in [-0.05, 0) is 50.1 Å². The first-order chi connectivity index (χ1) is 13.7. The number of carbonyl (C=O) groups excluding carboxylic acids is 2. The maximum absolute atomic E-state index is 12.5. The number of rotatable bonds is 6. The molecule has 1 aliphatic rings. The van der Waals surface area contributed by atoms with Crippen LogP contribution in [0.25, 0.3) is 0 Å². The Morgan fingerprint density at radius 2 is 1.79 bits per heavy atom. The highest BCUT2D eigenvalue weighted by molar-refractivity contribution is 6.03. The summed E-state index contributed by atoms with van der Waals surface area (Å²) >= 11 is 0. The number of amides is 1. The van der Waals surface area contributed by atoms with Crippen LogP contribution in [0, 0.1) is 0 Å². The topological polar surface area (TPSA) is 93.2 Å². The van der Waals surface area contributed by atoms with Crippen LogP contribution in [0.3, 0.4) is 0 Å². The minimum atomic E-state index is -0.384. The van der Waals surface area contributed by atoms with Crippen LogP contribution in [-0.2, 0) is 4.74 Å². The van der Waals surface area contributed by atoms with E-state index in [1.807, 2.05) is 0 Å². The van der Waals surface area contributed by atoms with Gasteiger partial charge in [0.25, 0.3) is 5.91 Å². The molecule has 1 saturated carbocycles. The third-order valence-corrected chi connectivity index (χ3v) is 4.73. The molecular formula is C21H26N4O3. The van der Waals surface area contributed by atoms with E-state index in [0.29, 0.717) is 35.5 Å². The molecule has 3 rings (SSSR count). The first kappa shape index (κ1) is 19.8. The predicted octanol–water partition coefficient (Wildman–Crippen LogP) is 4.04. The molecule has 2 N–H and O–H groups in total. The molecule has 148 valence electrons. The summed E-state index contributed by atoms with van der Waals surface area (Å²) in [5.41, 5.74) is 1.31. The predicted molar refractivity (Wildman–Crippen MR) is 107 cm³/mol. The molecule has 1 fully saturated rings. The molecule has 1 aliphatic carbocycles. The molecule has 0 aliphatic heterocycles. The van der Waals surface area contributed by atoms with Crippen LogP contribution < -0.4 is 10.6 Å². The van der Waals surface area contributed by atoms with Gasteiger partial charge < -0.3 is 15.4 Å². The fraction of sp³-hybridized carbons (Fsp3) is 0.429. The van der Waals surface area contributed by atoms with Crippen molar-refractivity contribution in [2.75, 3.05) is 17.2 Å². The minimum absolute atomic E-state index is 0.292. The number of hydrogen-bond donors (Lipinski definition) is 2. The Morgan fingerprint density at radius 1 is 1.07 bits per heavy atom. The van der Waals surface area contributed by atoms with Crippen LogP contribution in [0.5, 0.6) is 0 Å². The number of hydrogen-bond acceptors (Lipinski definition) is 6. The summed E-state index contributed by atoms with van der Waals surface area (Å²) in [6, 6.07) is 8.50. The molecule has 28 heavy (non-hydrogen) atoms. The average molecular weight is 382 g/mol. The van der Waals surface area contributed by atoms with Gasteiger partial charge in [-0.2, -0.15) is 0 Å². The number of nitrogens with one attached hydrogen (secondary N) is 2. The van der Waals surface area contributed by atoms with Crippen molar-refractivity contribution in [3.63, 3.8) is 0 Å². The van der Waals surface area contributed by atoms with E-state index in [4.69, 9.17) is 4.74 Å². The van der Waals surface area contributed by atoms with Gasteiger partial charge in [0.1, 0.15) is 5.69 Å². The van der Waals surface area contributed by atoms with Gasteiger partial charge in [0.05, 0.1) is 12.2 Å². The molecule has 7 nitrogen and oxygen atoms in total. The second-order valence-electron chi connectivity index (χ2n) is 6.85. The van der Waals surface area contributed by atoms with Gasteiger partial charge in [-0.15, -0.1) is 0 Å². The monoisotopic (exact) mass is 382 g/mol. The zero-order chi connectivity index (χ0) is 19.8. The van der Waals surface area contributed by atoms with Gasteiger partial charge >= 0.3 is 5.97 Å². The smallest absolute Gasteiger partial charge is 0.338 e. The maximum Gasteiger partial charge on any atom is 0.338 e. The number of ether oxygens (including phenoxy) is 1. The summed E-state index contributed by atoms with van der Waals surface area (Å²) in [6.45, 7) is 2.08. The zero-order valence-corrected chi connectivity index (χ0v) is 16.1. The average Bonchev–Trinajstić information content (AvgIpc) is 2.97. The quantitative estimate of drug-likeness (QED) is 0.578. The molecule has 0 unspecified atom stereocenters. The van der Waals surface area contributed by atoms with Crippen LogP contribution in [0.1, 0.15) is 66.3 Å². The molecule has 1 amide bonds. The van der Waals surface area contributed by atoms with Crippen molar-refractivity contribution < 1.29 is 14.3 Å². The van der Waals surface area contributed by atoms with Crippen LogP contribution in [0.2, 0.25) is 0 Å². The normalized spacial score (nSPS) is 14.8. The van der Waals surface area contributed by atoms with Crippen molar-refractivity contribution in [1.29, 1.82) is 0 Å². The van der Waals surface area contributed by atoms with E-state index in [2.05, 4.69) is 20.6 Å². The van der Waals surface area contributed by atoms with E-state index in [-0.39, 0.29) is 11.9 Å². The maximum atomic E-state index is 12.5. The summed E-state index contributed by atoms with van der Waals surface area (Å²) in [5.74, 6) is -0.224. The molecule has 7 heteroatoms. The van der Waals surface area contributed by atoms with Gasteiger partial charge in [0.2, 0.25) is 5.95 Å². The Kier molecular flexibility index (Phi) is 6.94. The fourth-order valence-electron chi connectivity index (χ4n) is 3.26. The number of esters is 1. The summed E-state index contributed by atoms with van der Waals surface area (Å²) in [5, 5.41) is 6.15. The molecule has 0 bridgehead atoms. The highest BCUT2D eigenvalue weighted by Crippen LogP contribution is 2.20. The summed E-state index contributed by atoms with van der Waals surface area (Å²) < 4.78 is 4.95. The molecule has 0 radical (unpaired) electrons. The number of nitrogens with zero attached hydrogens (tertiary/aromatic N) is 2. The molecule has 1 heterocycles. The van der Waals surface area contributed by atoms with Gasteiger partial charge in [0, 0.05) is 17.9 Å². The van der Waals surface area contributed by atoms with Crippen molar-refractivity contribution >= 4 is 23.5 Å². The highest BCUT2D eigenvalue weighted by Gasteiger charge is 2.15. The lowest BCUT2D eigenvalue weighted by Gasteiger charge is -2.16. The van der Waals surface area contributed by atoms with E-state index in [9.17, 15) is 9.59 Å². The van der Waals surface area contributed by atoms with Crippen molar-refractivity contribution in [2.45, 2.75) is 51.5 Å². The Bertz CT molecular complexity index is 800. The molecular weight excluding hydrogens is 356 g/mol. The largest absolute Gasteiger partial charge is 0.462 e. The highest BCUT2D eigenvalue weighted by atomic mass is 16.5. The Morgan fingerprint density at radius 3 is 2.46 bits per heavy atom. The molecule has 1 aromatic carbocycles. The van der Waals surface area contributed by atoms with E-state index < -0.39 is 0 Å². The molecule has 2 aromatic rings. The van der Waals surface area contributed by atoms with E-state index in [0.717, 1.165) is 12.8 Å². The number of anilines is 2. The third kappa shape index (κ3) is 5.52. The van der Waals surface area contributed by atoms with E-state index in [1.54, 1.807) is 43.5 Å². The lowest BCUT2D eigenvalue weighted by molar-refractivity contribution is 0.0526. The van der Waals surface area contributed by atoms with E-state index in [1.165, 1.54) is 25.7 Å². The molecule has 0 saturated heterocycles. The number of benzene rings is 1. The summed E-state index contributed by atoms with van der Waals surface area (Å²) in [6.07, 6.45) is 8.76. The van der Waals surface area contributed by atoms with Gasteiger partial charge in [-0.1, -0.05) is 25.7 Å². The van der Waals surface area contributed by atoms with Crippen LogP contribution >= 0.6 is 0 Å². The lowest BCUT2D eigenvalue weighted by Crippen LogP contribution is -2.21. The standard InChI is InChI=1S/C21H26N4O3/c1-2-28-20(27)15-9-11-17(12-10-15)23-19(26)18-13-14-22-21(25-18)24-16-7-5-3-4-6-8-16/h9-14,16H,2-8H2,1H3,(H,23,26)(H,22,24,25). The molecule has 0 spiro atoms. The Labute approximate surface area is 164 Å². The lowest BCUT2D eigenvalue weighted by atomic mass is 10.1. The second-order valence-corrected chi connectivity index (χ2v) is 6.85. The summed E-state index contributed by atoms with van der Waals surface area (Å²) in [7, 11) is 0. The Balaban J connectivity index is 1.61. The minimum Gasteiger partial charge on any atom is -0.462 e. The zero-order valence-electron chi connectivity index (χ0n) is 16.1. The summed E-state index contributed by atoms with van der Waals surface area (Å²) in [4.78, 5) is 32.8. The van der Waals surface area contributed by atoms with Crippen molar-refractivity contribution in [3.8, 4) is 0 Å². The first-order valence-corrected chi connectivity index (χ1v) is 9.84. The van der Waals surface area contributed by atoms with Crippen molar-refractivity contribution in [1.82, 2.24) is 9.97 Å². The second kappa shape index (κ2) is 9.82. The van der Waals surface area contributed by atoms with Gasteiger partial charge in [-0.25, -0.2) is 14.8 Å². The van der Waals surface area contributed by atoms with Gasteiger partial charge in [-0.3, -0.25) is 4.79 Å². The number of aromatic nitrogens is 2. The van der Waals surface area contributed by atoms with Crippen LogP contribution in [-0.4, -0.2) is 34.5 Å². The number of carbonyl (C=O) groups is 2. The molecule has 0 atom stereocenters. The van der Waals surface area contributed by atoms with Crippen molar-refractivity contribution in [2.24, 2.45) is 0 Å². The SMILES string of the molecule is CCOC(=O)c1ccc(NC(=O)c2ccnc(NC3CCCCCC3)n2)cc1. The Hall–Kier alpha value is -2.96. The third-order valence-electron chi connectivity index (χ3n) is 4.73. The van der Waals surface area contributed by atoms with Crippen LogP contribution in [0.4, 0.5) is 11.6 Å².